The van der Waals surface area contributed by atoms with Crippen LogP contribution in [0, 0.1) is 0 Å². The van der Waals surface area contributed by atoms with Crippen molar-refractivity contribution in [2.75, 3.05) is 78.5 Å². The zero-order valence-corrected chi connectivity index (χ0v) is 31.2. The minimum absolute atomic E-state index is 0. The van der Waals surface area contributed by atoms with Crippen molar-refractivity contribution in [3.63, 3.8) is 0 Å². The molecule has 0 bridgehead atoms. The zero-order valence-electron chi connectivity index (χ0n) is 28.7. The van der Waals surface area contributed by atoms with Crippen molar-refractivity contribution in [1.82, 2.24) is 24.9 Å². The summed E-state index contributed by atoms with van der Waals surface area (Å²) in [4.78, 5) is 78.8. The first-order valence-electron chi connectivity index (χ1n) is 16.5. The van der Waals surface area contributed by atoms with Crippen LogP contribution in [0.4, 0.5) is 0 Å². The molecule has 0 saturated carbocycles. The van der Waals surface area contributed by atoms with Crippen molar-refractivity contribution in [2.24, 2.45) is 0 Å². The van der Waals surface area contributed by atoms with Gasteiger partial charge in [0, 0.05) is 89.7 Å². The Hall–Kier alpha value is -4.06. The predicted octanol–water partition coefficient (Wildman–Crippen LogP) is -3.54. The molecule has 16 heteroatoms. The molecule has 0 aromatic heterocycles. The summed E-state index contributed by atoms with van der Waals surface area (Å²) in [5.41, 5.74) is 1.64. The zero-order chi connectivity index (χ0) is 36.6. The maximum atomic E-state index is 13.0. The summed E-state index contributed by atoms with van der Waals surface area (Å²) in [5.74, 6) is -6.19. The maximum absolute atomic E-state index is 13.0. The fourth-order valence-corrected chi connectivity index (χ4v) is 5.87. The molecule has 1 aliphatic rings. The number of hydrogen-bond donors (Lipinski definition) is 2. The number of ketones is 1. The van der Waals surface area contributed by atoms with Crippen LogP contribution in [0.5, 0.6) is 0 Å². The Kier molecular flexibility index (Phi) is 18.6. The van der Waals surface area contributed by atoms with Gasteiger partial charge in [0.15, 0.2) is 5.78 Å². The molecule has 2 N–H and O–H groups in total. The molecule has 15 nitrogen and oxygen atoms in total. The smallest absolute Gasteiger partial charge is 0.549 e. The van der Waals surface area contributed by atoms with E-state index < -0.39 is 55.5 Å². The Morgan fingerprint density at radius 1 is 0.706 bits per heavy atom. The van der Waals surface area contributed by atoms with E-state index in [1.807, 2.05) is 6.07 Å². The second kappa shape index (κ2) is 22.0. The molecular weight excluding hydrogens is 720 g/mol. The van der Waals surface area contributed by atoms with Gasteiger partial charge in [-0.3, -0.25) is 34.0 Å². The molecular formula is C35H44GaN5O10. The van der Waals surface area contributed by atoms with E-state index in [0.717, 1.165) is 0 Å². The normalized spacial score (nSPS) is 16.7. The summed E-state index contributed by atoms with van der Waals surface area (Å²) in [5, 5.41) is 47.2. The number of nitrogens with one attached hydrogen (secondary N) is 1. The van der Waals surface area contributed by atoms with E-state index in [1.165, 1.54) is 14.7 Å². The van der Waals surface area contributed by atoms with Crippen LogP contribution in [-0.4, -0.2) is 165 Å². The van der Waals surface area contributed by atoms with E-state index in [-0.39, 0.29) is 96.8 Å². The standard InChI is InChI=1S/C35H47N5O10.Ga/c1-25(27-9-5-10-28(21-27)33(47)26-7-3-2-4-8-26)34(48)36-12-6-11-29(35(49)50)40-19-17-38(23-31(43)44)15-13-37(22-30(41)42)14-16-39(18-20-40)24-32(45)46;/h2-5,7-10,21,25,29H,6,11-20,22-24H2,1H3,(H,36,48)(H,41,42)(H,43,44)(H,45,46)(H,49,50);/q;+3/p-3. The molecule has 1 heterocycles. The van der Waals surface area contributed by atoms with Gasteiger partial charge in [-0.2, -0.15) is 0 Å². The van der Waals surface area contributed by atoms with Crippen LogP contribution in [-0.2, 0) is 24.0 Å². The van der Waals surface area contributed by atoms with Gasteiger partial charge in [-0.1, -0.05) is 48.5 Å². The maximum Gasteiger partial charge on any atom is 3.00 e. The Balaban J connectivity index is 0.00000901. The number of carbonyl (C=O) groups excluding carboxylic acids is 5. The SMILES string of the molecule is CC(C(=O)NCCCC(C(=O)O)N1CCN(CC(=O)[O-])CCN(CC(=O)[O-])CCN(CC(=O)[O-])CC1)c1cccc(C(=O)c2ccccc2)c1.[Ga+3]. The summed E-state index contributed by atoms with van der Waals surface area (Å²) in [6, 6.07) is 14.6. The van der Waals surface area contributed by atoms with Crippen molar-refractivity contribution in [3.8, 4) is 0 Å². The summed E-state index contributed by atoms with van der Waals surface area (Å²) in [6.45, 7) is 1.61. The number of nitrogens with zero attached hydrogens (tertiary/aromatic N) is 4. The van der Waals surface area contributed by atoms with Crippen molar-refractivity contribution < 1.29 is 49.2 Å². The molecule has 51 heavy (non-hydrogen) atoms. The number of carboxylic acid groups (broad SMARTS) is 4. The van der Waals surface area contributed by atoms with Crippen LogP contribution < -0.4 is 20.6 Å². The molecule has 2 atom stereocenters. The van der Waals surface area contributed by atoms with Gasteiger partial charge in [-0.05, 0) is 31.4 Å². The van der Waals surface area contributed by atoms with Gasteiger partial charge in [0.25, 0.3) is 0 Å². The average Bonchev–Trinajstić information content (AvgIpc) is 3.07. The van der Waals surface area contributed by atoms with Crippen LogP contribution in [0.1, 0.15) is 47.2 Å². The number of carbonyl (C=O) groups is 6. The van der Waals surface area contributed by atoms with Gasteiger partial charge in [0.05, 0.1) is 23.8 Å². The summed E-state index contributed by atoms with van der Waals surface area (Å²) in [6.07, 6.45) is 0.424. The number of carboxylic acids is 4. The van der Waals surface area contributed by atoms with Crippen molar-refractivity contribution in [1.29, 1.82) is 0 Å². The van der Waals surface area contributed by atoms with Gasteiger partial charge in [0.1, 0.15) is 6.04 Å². The third-order valence-electron chi connectivity index (χ3n) is 8.69. The molecule has 3 rings (SSSR count). The van der Waals surface area contributed by atoms with Crippen LogP contribution in [0.2, 0.25) is 0 Å². The van der Waals surface area contributed by atoms with E-state index >= 15 is 0 Å². The van der Waals surface area contributed by atoms with Gasteiger partial charge < -0.3 is 40.1 Å². The third kappa shape index (κ3) is 15.0. The molecule has 1 aliphatic heterocycles. The van der Waals surface area contributed by atoms with Crippen molar-refractivity contribution in [3.05, 3.63) is 71.3 Å². The number of rotatable bonds is 16. The topological polar surface area (TPSA) is 217 Å². The summed E-state index contributed by atoms with van der Waals surface area (Å²) < 4.78 is 0. The summed E-state index contributed by atoms with van der Waals surface area (Å²) >= 11 is 0. The number of hydrogen-bond acceptors (Lipinski definition) is 13. The van der Waals surface area contributed by atoms with E-state index in [4.69, 9.17) is 0 Å². The third-order valence-corrected chi connectivity index (χ3v) is 8.69. The van der Waals surface area contributed by atoms with E-state index in [1.54, 1.807) is 60.4 Å². The Bertz CT molecular complexity index is 1450. The van der Waals surface area contributed by atoms with E-state index in [2.05, 4.69) is 5.32 Å². The van der Waals surface area contributed by atoms with Crippen molar-refractivity contribution in [2.45, 2.75) is 31.7 Å². The molecule has 2 aromatic carbocycles. The first-order valence-corrected chi connectivity index (χ1v) is 16.5. The molecule has 272 valence electrons. The number of amides is 1. The first kappa shape index (κ1) is 43.1. The molecule has 1 amide bonds. The van der Waals surface area contributed by atoms with E-state index in [9.17, 15) is 49.2 Å². The minimum atomic E-state index is -1.34. The predicted molar refractivity (Wildman–Crippen MR) is 180 cm³/mol. The minimum Gasteiger partial charge on any atom is -0.549 e. The van der Waals surface area contributed by atoms with Crippen molar-refractivity contribution >= 4 is 55.4 Å². The Morgan fingerprint density at radius 3 is 1.65 bits per heavy atom. The monoisotopic (exact) mass is 763 g/mol. The quantitative estimate of drug-likeness (QED) is 0.0963. The van der Waals surface area contributed by atoms with Gasteiger partial charge in [0.2, 0.25) is 5.91 Å². The number of aliphatic carboxylic acids is 4. The average molecular weight is 764 g/mol. The van der Waals surface area contributed by atoms with Gasteiger partial charge >= 0.3 is 25.8 Å². The van der Waals surface area contributed by atoms with Gasteiger partial charge in [-0.15, -0.1) is 0 Å². The molecule has 0 aliphatic carbocycles. The Labute approximate surface area is 310 Å². The van der Waals surface area contributed by atoms with Crippen LogP contribution in [0.3, 0.4) is 0 Å². The molecule has 2 aromatic rings. The largest absolute Gasteiger partial charge is 3.00 e. The molecule has 0 radical (unpaired) electrons. The molecule has 1 saturated heterocycles. The van der Waals surface area contributed by atoms with Crippen LogP contribution in [0.15, 0.2) is 54.6 Å². The first-order chi connectivity index (χ1) is 23.8. The second-order valence-electron chi connectivity index (χ2n) is 12.3. The van der Waals surface area contributed by atoms with E-state index in [0.29, 0.717) is 23.1 Å². The Morgan fingerprint density at radius 2 is 1.18 bits per heavy atom. The molecule has 1 fully saturated rings. The fraction of sp³-hybridized carbons (Fsp3) is 0.486. The van der Waals surface area contributed by atoms with Crippen LogP contribution >= 0.6 is 0 Å². The van der Waals surface area contributed by atoms with Gasteiger partial charge in [-0.25, -0.2) is 0 Å². The summed E-state index contributed by atoms with van der Waals surface area (Å²) in [7, 11) is 0. The molecule has 2 unspecified atom stereocenters. The number of benzene rings is 2. The fourth-order valence-electron chi connectivity index (χ4n) is 5.87. The molecule has 0 spiro atoms. The second-order valence-corrected chi connectivity index (χ2v) is 12.3. The van der Waals surface area contributed by atoms with Crippen LogP contribution in [0.25, 0.3) is 0 Å².